The van der Waals surface area contributed by atoms with E-state index in [1.54, 1.807) is 0 Å². The van der Waals surface area contributed by atoms with Gasteiger partial charge in [-0.3, -0.25) is 5.41 Å². The third kappa shape index (κ3) is 3.92. The standard InChI is InChI=1S/C14H17F4N3/c1-7(2)9-4-10(9)8-3-11(21-6-14(16,17)18)12(13(15)19)20-5-8/h3,5,7,9-10,19,21H,4,6H2,1-2H3/t9-,10-/m1/s1. The molecule has 0 bridgehead atoms. The second-order valence-electron chi connectivity index (χ2n) is 5.70. The summed E-state index contributed by atoms with van der Waals surface area (Å²) < 4.78 is 49.9. The molecule has 0 aliphatic heterocycles. The molecule has 0 saturated heterocycles. The Morgan fingerprint density at radius 1 is 1.48 bits per heavy atom. The van der Waals surface area contributed by atoms with Crippen LogP contribution in [0.15, 0.2) is 12.3 Å². The molecule has 2 rings (SSSR count). The molecule has 1 aliphatic rings. The maximum absolute atomic E-state index is 13.1. The van der Waals surface area contributed by atoms with Gasteiger partial charge in [0.25, 0.3) is 0 Å². The molecule has 0 amide bonds. The molecule has 7 heteroatoms. The fourth-order valence-electron chi connectivity index (χ4n) is 2.52. The topological polar surface area (TPSA) is 48.8 Å². The van der Waals surface area contributed by atoms with Gasteiger partial charge < -0.3 is 5.32 Å². The van der Waals surface area contributed by atoms with E-state index in [1.165, 1.54) is 12.3 Å². The van der Waals surface area contributed by atoms with Gasteiger partial charge in [0.15, 0.2) is 0 Å². The SMILES string of the molecule is CC(C)[C@H]1C[C@@H]1c1cnc(C(=N)F)c(NCC(F)(F)F)c1. The first-order valence-electron chi connectivity index (χ1n) is 6.74. The maximum atomic E-state index is 13.1. The van der Waals surface area contributed by atoms with Crippen LogP contribution in [0.4, 0.5) is 23.2 Å². The van der Waals surface area contributed by atoms with Crippen molar-refractivity contribution in [3.63, 3.8) is 0 Å². The van der Waals surface area contributed by atoms with Crippen LogP contribution in [-0.2, 0) is 0 Å². The zero-order valence-corrected chi connectivity index (χ0v) is 11.8. The van der Waals surface area contributed by atoms with E-state index in [2.05, 4.69) is 24.1 Å². The zero-order valence-electron chi connectivity index (χ0n) is 11.8. The highest BCUT2D eigenvalue weighted by molar-refractivity contribution is 5.94. The Labute approximate surface area is 120 Å². The van der Waals surface area contributed by atoms with Crippen LogP contribution in [-0.4, -0.2) is 23.7 Å². The molecule has 1 heterocycles. The predicted octanol–water partition coefficient (Wildman–Crippen LogP) is 4.11. The van der Waals surface area contributed by atoms with E-state index in [-0.39, 0.29) is 17.3 Å². The molecule has 1 aromatic heterocycles. The van der Waals surface area contributed by atoms with Gasteiger partial charge in [-0.25, -0.2) is 4.98 Å². The first kappa shape index (κ1) is 15.7. The minimum Gasteiger partial charge on any atom is -0.375 e. The summed E-state index contributed by atoms with van der Waals surface area (Å²) in [6.07, 6.45) is -1.99. The Kier molecular flexibility index (Phi) is 4.20. The van der Waals surface area contributed by atoms with Gasteiger partial charge in [0.1, 0.15) is 12.2 Å². The summed E-state index contributed by atoms with van der Waals surface area (Å²) in [5.74, 6) is -0.118. The number of alkyl halides is 3. The average molecular weight is 303 g/mol. The first-order valence-corrected chi connectivity index (χ1v) is 6.74. The highest BCUT2D eigenvalue weighted by Gasteiger charge is 2.40. The lowest BCUT2D eigenvalue weighted by molar-refractivity contribution is -0.115. The zero-order chi connectivity index (χ0) is 15.8. The Bertz CT molecular complexity index is 540. The molecule has 3 nitrogen and oxygen atoms in total. The summed E-state index contributed by atoms with van der Waals surface area (Å²) in [5, 5.41) is 9.09. The molecule has 0 aromatic carbocycles. The van der Waals surface area contributed by atoms with E-state index < -0.39 is 18.7 Å². The quantitative estimate of drug-likeness (QED) is 0.635. The van der Waals surface area contributed by atoms with Gasteiger partial charge in [-0.1, -0.05) is 13.8 Å². The van der Waals surface area contributed by atoms with Crippen LogP contribution in [0, 0.1) is 17.2 Å². The minimum absolute atomic E-state index is 0.0771. The van der Waals surface area contributed by atoms with Crippen molar-refractivity contribution < 1.29 is 17.6 Å². The Balaban J connectivity index is 2.21. The van der Waals surface area contributed by atoms with E-state index in [0.29, 0.717) is 11.8 Å². The van der Waals surface area contributed by atoms with Crippen LogP contribution in [0.2, 0.25) is 0 Å². The van der Waals surface area contributed by atoms with Crippen molar-refractivity contribution in [2.75, 3.05) is 11.9 Å². The largest absolute Gasteiger partial charge is 0.405 e. The number of hydrogen-bond acceptors (Lipinski definition) is 3. The van der Waals surface area contributed by atoms with Crippen molar-refractivity contribution in [2.24, 2.45) is 11.8 Å². The fraction of sp³-hybridized carbons (Fsp3) is 0.571. The molecule has 0 unspecified atom stereocenters. The van der Waals surface area contributed by atoms with Crippen LogP contribution < -0.4 is 5.32 Å². The number of nitrogens with zero attached hydrogens (tertiary/aromatic N) is 1. The molecule has 2 N–H and O–H groups in total. The third-order valence-corrected chi connectivity index (χ3v) is 3.72. The fourth-order valence-corrected chi connectivity index (χ4v) is 2.52. The van der Waals surface area contributed by atoms with Gasteiger partial charge >= 0.3 is 6.18 Å². The number of halogens is 4. The number of pyridine rings is 1. The first-order chi connectivity index (χ1) is 9.69. The third-order valence-electron chi connectivity index (χ3n) is 3.72. The average Bonchev–Trinajstić information content (AvgIpc) is 3.15. The van der Waals surface area contributed by atoms with Gasteiger partial charge in [-0.05, 0) is 35.8 Å². The Morgan fingerprint density at radius 3 is 2.62 bits per heavy atom. The van der Waals surface area contributed by atoms with Gasteiger partial charge in [0, 0.05) is 6.20 Å². The molecule has 21 heavy (non-hydrogen) atoms. The van der Waals surface area contributed by atoms with Crippen molar-refractivity contribution in [2.45, 2.75) is 32.4 Å². The summed E-state index contributed by atoms with van der Waals surface area (Å²) in [4.78, 5) is 3.80. The number of aromatic nitrogens is 1. The molecule has 0 radical (unpaired) electrons. The summed E-state index contributed by atoms with van der Waals surface area (Å²) in [5.41, 5.74) is 0.333. The lowest BCUT2D eigenvalue weighted by Gasteiger charge is -2.13. The summed E-state index contributed by atoms with van der Waals surface area (Å²) in [6, 6.07) is 1.48. The van der Waals surface area contributed by atoms with Gasteiger partial charge in [0.05, 0.1) is 5.69 Å². The number of nitrogens with one attached hydrogen (secondary N) is 2. The number of anilines is 1. The van der Waals surface area contributed by atoms with E-state index in [1.807, 2.05) is 0 Å². The van der Waals surface area contributed by atoms with Crippen LogP contribution >= 0.6 is 0 Å². The van der Waals surface area contributed by atoms with Gasteiger partial charge in [-0.2, -0.15) is 17.6 Å². The monoisotopic (exact) mass is 303 g/mol. The van der Waals surface area contributed by atoms with Crippen molar-refractivity contribution in [1.29, 1.82) is 5.41 Å². The summed E-state index contributed by atoms with van der Waals surface area (Å²) in [7, 11) is 0. The summed E-state index contributed by atoms with van der Waals surface area (Å²) in [6.45, 7) is 2.90. The molecule has 116 valence electrons. The molecule has 0 spiro atoms. The van der Waals surface area contributed by atoms with E-state index >= 15 is 0 Å². The van der Waals surface area contributed by atoms with Crippen LogP contribution in [0.5, 0.6) is 0 Å². The molecular weight excluding hydrogens is 286 g/mol. The molecule has 2 atom stereocenters. The molecule has 1 fully saturated rings. The van der Waals surface area contributed by atoms with Crippen LogP contribution in [0.1, 0.15) is 37.4 Å². The highest BCUT2D eigenvalue weighted by Crippen LogP contribution is 2.51. The smallest absolute Gasteiger partial charge is 0.375 e. The number of rotatable bonds is 5. The van der Waals surface area contributed by atoms with Crippen LogP contribution in [0.25, 0.3) is 0 Å². The minimum atomic E-state index is -4.41. The normalized spacial score (nSPS) is 21.5. The molecular formula is C14H17F4N3. The molecule has 1 saturated carbocycles. The molecule has 1 aromatic rings. The van der Waals surface area contributed by atoms with E-state index in [4.69, 9.17) is 5.41 Å². The predicted molar refractivity (Wildman–Crippen MR) is 72.4 cm³/mol. The lowest BCUT2D eigenvalue weighted by Crippen LogP contribution is -2.22. The highest BCUT2D eigenvalue weighted by atomic mass is 19.4. The van der Waals surface area contributed by atoms with E-state index in [9.17, 15) is 17.6 Å². The molecule has 1 aliphatic carbocycles. The Morgan fingerprint density at radius 2 is 2.14 bits per heavy atom. The van der Waals surface area contributed by atoms with Crippen molar-refractivity contribution in [1.82, 2.24) is 4.98 Å². The Hall–Kier alpha value is -1.66. The lowest BCUT2D eigenvalue weighted by atomic mass is 10.0. The summed E-state index contributed by atoms with van der Waals surface area (Å²) >= 11 is 0. The van der Waals surface area contributed by atoms with Gasteiger partial charge in [-0.15, -0.1) is 0 Å². The maximum Gasteiger partial charge on any atom is 0.405 e. The van der Waals surface area contributed by atoms with E-state index in [0.717, 1.165) is 12.0 Å². The van der Waals surface area contributed by atoms with Gasteiger partial charge in [0.2, 0.25) is 5.97 Å². The second kappa shape index (κ2) is 5.61. The second-order valence-corrected chi connectivity index (χ2v) is 5.70. The van der Waals surface area contributed by atoms with Crippen molar-refractivity contribution in [3.8, 4) is 0 Å². The van der Waals surface area contributed by atoms with Crippen LogP contribution in [0.3, 0.4) is 0 Å². The number of hydrogen-bond donors (Lipinski definition) is 2. The van der Waals surface area contributed by atoms with Crippen molar-refractivity contribution >= 4 is 11.7 Å². The van der Waals surface area contributed by atoms with Crippen molar-refractivity contribution in [3.05, 3.63) is 23.5 Å².